The third kappa shape index (κ3) is 5.21. The van der Waals surface area contributed by atoms with Crippen molar-refractivity contribution in [2.45, 2.75) is 32.7 Å². The highest BCUT2D eigenvalue weighted by molar-refractivity contribution is 6.06. The molecule has 3 aromatic heterocycles. The summed E-state index contributed by atoms with van der Waals surface area (Å²) in [5.74, 6) is -2.75. The lowest BCUT2D eigenvalue weighted by Gasteiger charge is -2.24. The Bertz CT molecular complexity index is 1500. The molecule has 0 N–H and O–H groups in total. The van der Waals surface area contributed by atoms with Gasteiger partial charge in [0.15, 0.2) is 11.5 Å². The zero-order valence-electron chi connectivity index (χ0n) is 21.2. The Balaban J connectivity index is 1.89. The van der Waals surface area contributed by atoms with Gasteiger partial charge in [-0.2, -0.15) is 5.10 Å². The monoisotopic (exact) mass is 538 g/mol. The lowest BCUT2D eigenvalue weighted by atomic mass is 9.85. The molecule has 0 atom stereocenters. The van der Waals surface area contributed by atoms with Crippen LogP contribution >= 0.6 is 0 Å². The summed E-state index contributed by atoms with van der Waals surface area (Å²) in [4.78, 5) is 45.3. The number of hydrogen-bond donors (Lipinski definition) is 0. The van der Waals surface area contributed by atoms with Crippen molar-refractivity contribution in [3.63, 3.8) is 0 Å². The highest BCUT2D eigenvalue weighted by Gasteiger charge is 2.52. The minimum Gasteiger partial charge on any atom is -0.465 e. The lowest BCUT2D eigenvalue weighted by Crippen LogP contribution is -2.45. The molecule has 0 aliphatic rings. The first kappa shape index (κ1) is 27.0. The molecule has 0 saturated heterocycles. The Kier molecular flexibility index (Phi) is 7.74. The van der Waals surface area contributed by atoms with Crippen LogP contribution in [0.2, 0.25) is 0 Å². The molecule has 1 aromatic carbocycles. The molecular weight excluding hydrogens is 515 g/mol. The molecule has 0 bridgehead atoms. The molecule has 13 nitrogen and oxygen atoms in total. The zero-order chi connectivity index (χ0) is 28.2. The molecule has 0 aliphatic carbocycles. The Morgan fingerprint density at radius 2 is 1.82 bits per heavy atom. The fraction of sp³-hybridized carbons (Fsp3) is 0.280. The van der Waals surface area contributed by atoms with Crippen molar-refractivity contribution >= 4 is 17.6 Å². The molecule has 4 aromatic rings. The number of hydrogen-bond acceptors (Lipinski definition) is 11. The second-order valence-electron chi connectivity index (χ2n) is 8.30. The molecule has 0 amide bonds. The highest BCUT2D eigenvalue weighted by atomic mass is 19.1. The number of esters is 2. The first-order valence-corrected chi connectivity index (χ1v) is 11.8. The Hall–Kier alpha value is -5.01. The van der Waals surface area contributed by atoms with Gasteiger partial charge in [-0.15, -0.1) is 0 Å². The molecule has 0 spiro atoms. The van der Waals surface area contributed by atoms with Gasteiger partial charge < -0.3 is 14.0 Å². The number of carbonyl (C=O) groups excluding carboxylic acids is 2. The molecule has 0 saturated carbocycles. The zero-order valence-corrected chi connectivity index (χ0v) is 21.2. The van der Waals surface area contributed by atoms with Crippen LogP contribution < -0.4 is 0 Å². The maximum atomic E-state index is 14.4. The summed E-state index contributed by atoms with van der Waals surface area (Å²) in [6.45, 7) is 3.99. The molecule has 0 unspecified atom stereocenters. The van der Waals surface area contributed by atoms with Gasteiger partial charge in [-0.05, 0) is 32.9 Å². The minimum absolute atomic E-state index is 0.00191. The summed E-state index contributed by atoms with van der Waals surface area (Å²) in [6.07, 6.45) is 2.22. The van der Waals surface area contributed by atoms with Crippen LogP contribution in [0.1, 0.15) is 32.0 Å². The van der Waals surface area contributed by atoms with E-state index >= 15 is 0 Å². The molecule has 202 valence electrons. The fourth-order valence-electron chi connectivity index (χ4n) is 3.81. The summed E-state index contributed by atoms with van der Waals surface area (Å²) in [7, 11) is 0. The summed E-state index contributed by atoms with van der Waals surface area (Å²) in [5, 5.41) is 20.3. The van der Waals surface area contributed by atoms with Gasteiger partial charge in [0, 0.05) is 11.6 Å². The summed E-state index contributed by atoms with van der Waals surface area (Å²) < 4.78 is 30.9. The Labute approximate surface area is 220 Å². The third-order valence-corrected chi connectivity index (χ3v) is 5.79. The maximum absolute atomic E-state index is 14.4. The second kappa shape index (κ2) is 11.2. The smallest absolute Gasteiger partial charge is 0.329 e. The van der Waals surface area contributed by atoms with Crippen LogP contribution in [0.5, 0.6) is 0 Å². The number of nitrogens with zero attached hydrogens (tertiary/aromatic N) is 6. The van der Waals surface area contributed by atoms with E-state index in [2.05, 4.69) is 20.2 Å². The van der Waals surface area contributed by atoms with Gasteiger partial charge in [-0.3, -0.25) is 24.4 Å². The minimum atomic E-state index is -2.28. The van der Waals surface area contributed by atoms with Gasteiger partial charge in [0.2, 0.25) is 5.41 Å². The number of benzene rings is 1. The van der Waals surface area contributed by atoms with Gasteiger partial charge in [0.05, 0.1) is 30.4 Å². The van der Waals surface area contributed by atoms with Crippen molar-refractivity contribution < 1.29 is 32.9 Å². The molecule has 39 heavy (non-hydrogen) atoms. The predicted octanol–water partition coefficient (Wildman–Crippen LogP) is 3.47. The van der Waals surface area contributed by atoms with Crippen LogP contribution in [0.15, 0.2) is 53.4 Å². The number of carbonyl (C=O) groups is 2. The van der Waals surface area contributed by atoms with Crippen LogP contribution in [-0.4, -0.2) is 55.0 Å². The topological polar surface area (TPSA) is 165 Å². The van der Waals surface area contributed by atoms with Crippen LogP contribution in [0.25, 0.3) is 22.9 Å². The maximum Gasteiger partial charge on any atom is 0.329 e. The number of nitro groups is 1. The first-order valence-electron chi connectivity index (χ1n) is 11.8. The average Bonchev–Trinajstić information content (AvgIpc) is 3.59. The normalized spacial score (nSPS) is 11.3. The number of halogens is 1. The standard InChI is InChI=1S/C25H23FN6O7/c1-4-37-23(33)25(3,24(34)38-5-2)21-20(32(35)36)13-27-22(28-21)18-12-19(17-10-11-39-30-17)31(29-18)14-15-8-6-7-9-16(15)26/h6-13H,4-5,14H2,1-3H3. The molecule has 3 heterocycles. The van der Waals surface area contributed by atoms with Crippen LogP contribution in [0.4, 0.5) is 10.1 Å². The summed E-state index contributed by atoms with van der Waals surface area (Å²) in [5.41, 5.74) is -2.28. The summed E-state index contributed by atoms with van der Waals surface area (Å²) in [6, 6.07) is 9.23. The Morgan fingerprint density at radius 1 is 1.13 bits per heavy atom. The van der Waals surface area contributed by atoms with Crippen LogP contribution in [0.3, 0.4) is 0 Å². The van der Waals surface area contributed by atoms with Crippen molar-refractivity contribution in [3.8, 4) is 22.9 Å². The van der Waals surface area contributed by atoms with Crippen LogP contribution in [0, 0.1) is 15.9 Å². The quantitative estimate of drug-likeness (QED) is 0.126. The molecule has 0 aliphatic heterocycles. The average molecular weight is 538 g/mol. The van der Waals surface area contributed by atoms with Crippen molar-refractivity contribution in [3.05, 3.63) is 76.0 Å². The predicted molar refractivity (Wildman–Crippen MR) is 132 cm³/mol. The lowest BCUT2D eigenvalue weighted by molar-refractivity contribution is -0.386. The van der Waals surface area contributed by atoms with E-state index in [0.717, 1.165) is 13.1 Å². The van der Waals surface area contributed by atoms with Gasteiger partial charge in [-0.1, -0.05) is 23.4 Å². The third-order valence-electron chi connectivity index (χ3n) is 5.79. The van der Waals surface area contributed by atoms with E-state index in [1.165, 1.54) is 36.9 Å². The van der Waals surface area contributed by atoms with Crippen molar-refractivity contribution in [2.24, 2.45) is 0 Å². The van der Waals surface area contributed by atoms with Gasteiger partial charge >= 0.3 is 17.6 Å². The van der Waals surface area contributed by atoms with E-state index in [0.29, 0.717) is 17.0 Å². The van der Waals surface area contributed by atoms with Crippen molar-refractivity contribution in [1.29, 1.82) is 0 Å². The second-order valence-corrected chi connectivity index (χ2v) is 8.30. The van der Waals surface area contributed by atoms with Crippen molar-refractivity contribution in [1.82, 2.24) is 24.9 Å². The van der Waals surface area contributed by atoms with Crippen molar-refractivity contribution in [2.75, 3.05) is 13.2 Å². The molecule has 4 rings (SSSR count). The fourth-order valence-corrected chi connectivity index (χ4v) is 3.81. The van der Waals surface area contributed by atoms with Crippen LogP contribution in [-0.2, 0) is 31.0 Å². The molecular formula is C25H23FN6O7. The van der Waals surface area contributed by atoms with Gasteiger partial charge in [-0.25, -0.2) is 14.4 Å². The van der Waals surface area contributed by atoms with E-state index in [4.69, 9.17) is 14.0 Å². The first-order chi connectivity index (χ1) is 18.7. The largest absolute Gasteiger partial charge is 0.465 e. The van der Waals surface area contributed by atoms with Gasteiger partial charge in [0.1, 0.15) is 29.7 Å². The van der Waals surface area contributed by atoms with E-state index in [-0.39, 0.29) is 31.3 Å². The van der Waals surface area contributed by atoms with E-state index in [1.54, 1.807) is 24.3 Å². The van der Waals surface area contributed by atoms with E-state index in [1.807, 2.05) is 0 Å². The van der Waals surface area contributed by atoms with E-state index < -0.39 is 39.5 Å². The molecule has 14 heteroatoms. The Morgan fingerprint density at radius 3 is 2.41 bits per heavy atom. The SMILES string of the molecule is CCOC(=O)C(C)(C(=O)OCC)c1nc(-c2cc(-c3ccon3)n(Cc3ccccc3F)n2)ncc1[N+](=O)[O-]. The number of ether oxygens (including phenoxy) is 2. The summed E-state index contributed by atoms with van der Waals surface area (Å²) >= 11 is 0. The molecule has 0 radical (unpaired) electrons. The number of aromatic nitrogens is 5. The van der Waals surface area contributed by atoms with Gasteiger partial charge in [0.25, 0.3) is 0 Å². The highest BCUT2D eigenvalue weighted by Crippen LogP contribution is 2.34. The van der Waals surface area contributed by atoms with E-state index in [9.17, 15) is 24.1 Å². The molecule has 0 fully saturated rings. The number of rotatable bonds is 10.